The van der Waals surface area contributed by atoms with Gasteiger partial charge in [0, 0.05) is 36.1 Å². The lowest BCUT2D eigenvalue weighted by atomic mass is 10.1. The third-order valence-corrected chi connectivity index (χ3v) is 5.14. The number of hydrogen-bond acceptors (Lipinski definition) is 3. The number of pyridine rings is 1. The van der Waals surface area contributed by atoms with Gasteiger partial charge in [0.25, 0.3) is 0 Å². The Bertz CT molecular complexity index is 447. The van der Waals surface area contributed by atoms with Gasteiger partial charge in [-0.25, -0.2) is 0 Å². The van der Waals surface area contributed by atoms with Crippen LogP contribution in [0.4, 0.5) is 0 Å². The van der Waals surface area contributed by atoms with Crippen molar-refractivity contribution in [2.75, 3.05) is 25.4 Å². The zero-order chi connectivity index (χ0) is 15.0. The Hall–Kier alpha value is -0.500. The van der Waals surface area contributed by atoms with Gasteiger partial charge in [0.15, 0.2) is 5.96 Å². The fourth-order valence-electron chi connectivity index (χ4n) is 2.40. The summed E-state index contributed by atoms with van der Waals surface area (Å²) in [6, 6.07) is 6.03. The standard InChI is InChI=1S/C16H26N4S.HI/c1-3-17-15(20-13-16(2)9-6-12-21-16)19-11-8-14-7-4-5-10-18-14;/h4-5,7,10H,3,6,8-9,11-13H2,1-2H3,(H2,17,19,20);1H. The second kappa shape index (κ2) is 10.3. The average Bonchev–Trinajstić information content (AvgIpc) is 2.93. The second-order valence-electron chi connectivity index (χ2n) is 5.59. The third-order valence-electron chi connectivity index (χ3n) is 3.62. The van der Waals surface area contributed by atoms with Crippen molar-refractivity contribution in [2.45, 2.75) is 37.9 Å². The van der Waals surface area contributed by atoms with Gasteiger partial charge < -0.3 is 10.6 Å². The number of halogens is 1. The molecular formula is C16H27IN4S. The van der Waals surface area contributed by atoms with Gasteiger partial charge in [-0.05, 0) is 44.6 Å². The van der Waals surface area contributed by atoms with Crippen molar-refractivity contribution in [3.63, 3.8) is 0 Å². The zero-order valence-electron chi connectivity index (χ0n) is 13.5. The maximum Gasteiger partial charge on any atom is 0.191 e. The third kappa shape index (κ3) is 6.73. The fraction of sp³-hybridized carbons (Fsp3) is 0.625. The number of aromatic nitrogens is 1. The first-order valence-electron chi connectivity index (χ1n) is 7.78. The van der Waals surface area contributed by atoms with E-state index in [4.69, 9.17) is 4.99 Å². The molecule has 0 aliphatic carbocycles. The summed E-state index contributed by atoms with van der Waals surface area (Å²) in [7, 11) is 0. The molecule has 1 aromatic heterocycles. The zero-order valence-corrected chi connectivity index (χ0v) is 16.6. The summed E-state index contributed by atoms with van der Waals surface area (Å²) in [6.45, 7) is 7.05. The maximum atomic E-state index is 4.75. The fourth-order valence-corrected chi connectivity index (χ4v) is 3.63. The predicted molar refractivity (Wildman–Crippen MR) is 107 cm³/mol. The van der Waals surface area contributed by atoms with Gasteiger partial charge in [0.05, 0.1) is 6.54 Å². The minimum atomic E-state index is 0. The lowest BCUT2D eigenvalue weighted by Crippen LogP contribution is -2.39. The number of hydrogen-bond donors (Lipinski definition) is 2. The number of rotatable bonds is 6. The van der Waals surface area contributed by atoms with Crippen molar-refractivity contribution in [1.82, 2.24) is 15.6 Å². The molecule has 1 aliphatic rings. The van der Waals surface area contributed by atoms with E-state index in [9.17, 15) is 0 Å². The van der Waals surface area contributed by atoms with Crippen LogP contribution >= 0.6 is 35.7 Å². The van der Waals surface area contributed by atoms with Crippen molar-refractivity contribution in [1.29, 1.82) is 0 Å². The molecule has 1 atom stereocenters. The van der Waals surface area contributed by atoms with E-state index in [0.29, 0.717) is 4.75 Å². The van der Waals surface area contributed by atoms with E-state index in [2.05, 4.69) is 47.3 Å². The molecule has 0 spiro atoms. The lowest BCUT2D eigenvalue weighted by molar-refractivity contribution is 0.614. The van der Waals surface area contributed by atoms with Crippen molar-refractivity contribution in [3.8, 4) is 0 Å². The van der Waals surface area contributed by atoms with E-state index in [1.54, 1.807) is 0 Å². The van der Waals surface area contributed by atoms with Crippen LogP contribution in [-0.4, -0.2) is 41.1 Å². The van der Waals surface area contributed by atoms with Gasteiger partial charge in [0.1, 0.15) is 0 Å². The molecule has 22 heavy (non-hydrogen) atoms. The van der Waals surface area contributed by atoms with Crippen LogP contribution in [0.3, 0.4) is 0 Å². The molecule has 2 rings (SSSR count). The van der Waals surface area contributed by atoms with Gasteiger partial charge in [-0.1, -0.05) is 6.07 Å². The summed E-state index contributed by atoms with van der Waals surface area (Å²) in [6.07, 6.45) is 5.35. The molecule has 6 heteroatoms. The second-order valence-corrected chi connectivity index (χ2v) is 7.28. The van der Waals surface area contributed by atoms with Crippen molar-refractivity contribution < 1.29 is 0 Å². The van der Waals surface area contributed by atoms with Crippen LogP contribution in [0.15, 0.2) is 29.4 Å². The summed E-state index contributed by atoms with van der Waals surface area (Å²) >= 11 is 2.05. The van der Waals surface area contributed by atoms with Crippen molar-refractivity contribution in [3.05, 3.63) is 30.1 Å². The normalized spacial score (nSPS) is 21.3. The molecule has 124 valence electrons. The summed E-state index contributed by atoms with van der Waals surface area (Å²) in [5.74, 6) is 2.19. The van der Waals surface area contributed by atoms with Crippen LogP contribution in [0.25, 0.3) is 0 Å². The molecule has 1 saturated heterocycles. The Morgan fingerprint density at radius 1 is 1.41 bits per heavy atom. The quantitative estimate of drug-likeness (QED) is 0.411. The first-order valence-corrected chi connectivity index (χ1v) is 8.76. The summed E-state index contributed by atoms with van der Waals surface area (Å²) in [4.78, 5) is 9.09. The van der Waals surface area contributed by atoms with E-state index in [-0.39, 0.29) is 24.0 Å². The summed E-state index contributed by atoms with van der Waals surface area (Å²) < 4.78 is 0.323. The van der Waals surface area contributed by atoms with E-state index < -0.39 is 0 Å². The number of thioether (sulfide) groups is 1. The van der Waals surface area contributed by atoms with Crippen LogP contribution in [0.1, 0.15) is 32.4 Å². The van der Waals surface area contributed by atoms with Crippen LogP contribution in [0.5, 0.6) is 0 Å². The van der Waals surface area contributed by atoms with Gasteiger partial charge in [-0.3, -0.25) is 9.98 Å². The van der Waals surface area contributed by atoms with Gasteiger partial charge in [-0.15, -0.1) is 24.0 Å². The Balaban J connectivity index is 0.00000242. The molecule has 0 amide bonds. The molecular weight excluding hydrogens is 407 g/mol. The van der Waals surface area contributed by atoms with Crippen LogP contribution in [0, 0.1) is 0 Å². The molecule has 2 N–H and O–H groups in total. The van der Waals surface area contributed by atoms with Crippen LogP contribution in [-0.2, 0) is 6.42 Å². The number of aliphatic imine (C=N–C) groups is 1. The molecule has 1 unspecified atom stereocenters. The Morgan fingerprint density at radius 2 is 2.27 bits per heavy atom. The number of guanidine groups is 1. The molecule has 0 saturated carbocycles. The molecule has 2 heterocycles. The Morgan fingerprint density at radius 3 is 2.91 bits per heavy atom. The minimum absolute atomic E-state index is 0. The summed E-state index contributed by atoms with van der Waals surface area (Å²) in [5.41, 5.74) is 1.11. The number of nitrogens with zero attached hydrogens (tertiary/aromatic N) is 2. The first-order chi connectivity index (χ1) is 10.2. The highest BCUT2D eigenvalue weighted by atomic mass is 127. The highest BCUT2D eigenvalue weighted by Gasteiger charge is 2.29. The van der Waals surface area contributed by atoms with Gasteiger partial charge in [-0.2, -0.15) is 11.8 Å². The molecule has 0 bridgehead atoms. The van der Waals surface area contributed by atoms with Crippen LogP contribution in [0.2, 0.25) is 0 Å². The smallest absolute Gasteiger partial charge is 0.191 e. The molecule has 1 fully saturated rings. The average molecular weight is 434 g/mol. The Kier molecular flexibility index (Phi) is 9.16. The van der Waals surface area contributed by atoms with E-state index in [0.717, 1.165) is 37.7 Å². The van der Waals surface area contributed by atoms with Crippen molar-refractivity contribution in [2.24, 2.45) is 4.99 Å². The molecule has 0 aromatic carbocycles. The van der Waals surface area contributed by atoms with E-state index in [1.165, 1.54) is 18.6 Å². The van der Waals surface area contributed by atoms with Gasteiger partial charge in [0.2, 0.25) is 0 Å². The van der Waals surface area contributed by atoms with Crippen LogP contribution < -0.4 is 10.6 Å². The SMILES string of the molecule is CCNC(=NCC1(C)CCCS1)NCCc1ccccn1.I. The molecule has 1 aliphatic heterocycles. The molecule has 4 nitrogen and oxygen atoms in total. The highest BCUT2D eigenvalue weighted by Crippen LogP contribution is 2.37. The number of nitrogens with one attached hydrogen (secondary N) is 2. The van der Waals surface area contributed by atoms with E-state index >= 15 is 0 Å². The highest BCUT2D eigenvalue weighted by molar-refractivity contribution is 14.0. The first kappa shape index (κ1) is 19.5. The minimum Gasteiger partial charge on any atom is -0.357 e. The molecule has 0 radical (unpaired) electrons. The maximum absolute atomic E-state index is 4.75. The van der Waals surface area contributed by atoms with Crippen molar-refractivity contribution >= 4 is 41.7 Å². The van der Waals surface area contributed by atoms with E-state index in [1.807, 2.05) is 18.3 Å². The van der Waals surface area contributed by atoms with Gasteiger partial charge >= 0.3 is 0 Å². The lowest BCUT2D eigenvalue weighted by Gasteiger charge is -2.21. The topological polar surface area (TPSA) is 49.3 Å². The monoisotopic (exact) mass is 434 g/mol. The summed E-state index contributed by atoms with van der Waals surface area (Å²) in [5, 5.41) is 6.72. The predicted octanol–water partition coefficient (Wildman–Crippen LogP) is 3.08. The molecule has 1 aromatic rings. The largest absolute Gasteiger partial charge is 0.357 e. The Labute approximate surface area is 155 Å².